The first-order valence-electron chi connectivity index (χ1n) is 21.0. The van der Waals surface area contributed by atoms with E-state index in [2.05, 4.69) is 132 Å². The van der Waals surface area contributed by atoms with E-state index in [1.54, 1.807) is 6.20 Å². The van der Waals surface area contributed by atoms with E-state index in [9.17, 15) is 0 Å². The van der Waals surface area contributed by atoms with Crippen LogP contribution >= 0.6 is 0 Å². The van der Waals surface area contributed by atoms with Crippen molar-refractivity contribution in [3.05, 3.63) is 241 Å². The lowest BCUT2D eigenvalue weighted by atomic mass is 9.68. The van der Waals surface area contributed by atoms with Gasteiger partial charge in [0.2, 0.25) is 0 Å². The number of para-hydroxylation sites is 1. The van der Waals surface area contributed by atoms with Crippen molar-refractivity contribution >= 4 is 0 Å². The molecule has 0 fully saturated rings. The van der Waals surface area contributed by atoms with Gasteiger partial charge >= 0.3 is 0 Å². The molecule has 2 aromatic heterocycles. The molecule has 0 N–H and O–H groups in total. The molecule has 10 aromatic rings. The maximum atomic E-state index is 7.03. The van der Waals surface area contributed by atoms with E-state index in [0.717, 1.165) is 55.8 Å². The quantitative estimate of drug-likeness (QED) is 0.160. The van der Waals surface area contributed by atoms with Gasteiger partial charge in [0.05, 0.1) is 11.1 Å². The standard InChI is InChI=1S/C57H36N4O2/c1-4-17-37(18-5-1)54-59-55(61-56(60-54)41-22-15-20-39(36-41)48-30-12-13-34-58-48)40-21-14-19-38(35-40)44-28-16-31-49-52(44)62-50-33-32-47-51(53(50)63-49)45-27-10-11-29-46(45)57(47,42-23-6-2-7-24-42)43-25-8-3-9-26-43/h1-36H. The van der Waals surface area contributed by atoms with Gasteiger partial charge in [-0.1, -0.05) is 176 Å². The lowest BCUT2D eigenvalue weighted by Crippen LogP contribution is -2.28. The van der Waals surface area contributed by atoms with Crippen molar-refractivity contribution in [2.75, 3.05) is 0 Å². The van der Waals surface area contributed by atoms with Crippen molar-refractivity contribution in [2.24, 2.45) is 0 Å². The first-order chi connectivity index (χ1) is 31.2. The first-order valence-corrected chi connectivity index (χ1v) is 21.0. The van der Waals surface area contributed by atoms with Crippen molar-refractivity contribution in [2.45, 2.75) is 5.41 Å². The van der Waals surface area contributed by atoms with Gasteiger partial charge in [0, 0.05) is 39.6 Å². The Kier molecular flexibility index (Phi) is 8.61. The zero-order chi connectivity index (χ0) is 41.7. The third-order valence-electron chi connectivity index (χ3n) is 12.1. The largest absolute Gasteiger partial charge is 0.449 e. The summed E-state index contributed by atoms with van der Waals surface area (Å²) in [6.45, 7) is 0. The second kappa shape index (κ2) is 14.9. The molecule has 1 aliphatic heterocycles. The number of hydrogen-bond acceptors (Lipinski definition) is 6. The predicted molar refractivity (Wildman–Crippen MR) is 249 cm³/mol. The predicted octanol–water partition coefficient (Wildman–Crippen LogP) is 13.9. The summed E-state index contributed by atoms with van der Waals surface area (Å²) >= 11 is 0. The van der Waals surface area contributed by atoms with E-state index in [-0.39, 0.29) is 0 Å². The molecule has 0 unspecified atom stereocenters. The summed E-state index contributed by atoms with van der Waals surface area (Å²) in [7, 11) is 0. The van der Waals surface area contributed by atoms with Crippen LogP contribution in [0.15, 0.2) is 219 Å². The summed E-state index contributed by atoms with van der Waals surface area (Å²) in [6.07, 6.45) is 1.80. The average molecular weight is 809 g/mol. The first kappa shape index (κ1) is 36.4. The van der Waals surface area contributed by atoms with Gasteiger partial charge in [-0.05, 0) is 69.8 Å². The Balaban J connectivity index is 0.957. The Morgan fingerprint density at radius 3 is 1.57 bits per heavy atom. The molecule has 296 valence electrons. The van der Waals surface area contributed by atoms with E-state index >= 15 is 0 Å². The Hall–Kier alpha value is -8.48. The number of hydrogen-bond donors (Lipinski definition) is 0. The number of fused-ring (bicyclic) bond motifs is 6. The molecule has 0 spiro atoms. The second-order valence-corrected chi connectivity index (χ2v) is 15.7. The van der Waals surface area contributed by atoms with Gasteiger partial charge in [0.1, 0.15) is 0 Å². The molecule has 12 rings (SSSR count). The molecule has 2 aliphatic rings. The van der Waals surface area contributed by atoms with Gasteiger partial charge in [-0.15, -0.1) is 0 Å². The van der Waals surface area contributed by atoms with Gasteiger partial charge < -0.3 is 9.47 Å². The van der Waals surface area contributed by atoms with Crippen molar-refractivity contribution in [1.29, 1.82) is 0 Å². The van der Waals surface area contributed by atoms with Crippen LogP contribution in [0, 0.1) is 0 Å². The molecule has 1 aliphatic carbocycles. The Labute approximate surface area is 364 Å². The minimum atomic E-state index is -0.549. The molecule has 6 heteroatoms. The summed E-state index contributed by atoms with van der Waals surface area (Å²) < 4.78 is 14.0. The lowest BCUT2D eigenvalue weighted by molar-refractivity contribution is 0.361. The van der Waals surface area contributed by atoms with Crippen molar-refractivity contribution < 1.29 is 9.47 Å². The summed E-state index contributed by atoms with van der Waals surface area (Å²) in [5, 5.41) is 0. The van der Waals surface area contributed by atoms with Crippen LogP contribution in [0.1, 0.15) is 22.3 Å². The van der Waals surface area contributed by atoms with Crippen molar-refractivity contribution in [1.82, 2.24) is 19.9 Å². The molecule has 0 bridgehead atoms. The smallest absolute Gasteiger partial charge is 0.178 e. The highest BCUT2D eigenvalue weighted by Gasteiger charge is 2.48. The monoisotopic (exact) mass is 808 g/mol. The summed E-state index contributed by atoms with van der Waals surface area (Å²) in [5.41, 5.74) is 12.7. The maximum Gasteiger partial charge on any atom is 0.178 e. The van der Waals surface area contributed by atoms with Crippen molar-refractivity contribution in [3.8, 4) is 90.7 Å². The summed E-state index contributed by atoms with van der Waals surface area (Å²) in [6, 6.07) is 73.0. The number of pyridine rings is 1. The van der Waals surface area contributed by atoms with E-state index < -0.39 is 5.41 Å². The molecule has 6 nitrogen and oxygen atoms in total. The SMILES string of the molecule is c1ccc(-c2nc(-c3cccc(-c4ccccn4)c3)nc(-c3cccc(-c4cccc5c4Oc4ccc6c(c4O5)-c4ccccc4C6(c4ccccc4)c4ccccc4)c3)n2)cc1. The van der Waals surface area contributed by atoms with Crippen LogP contribution in [-0.4, -0.2) is 19.9 Å². The fourth-order valence-corrected chi connectivity index (χ4v) is 9.34. The fraction of sp³-hybridized carbons (Fsp3) is 0.0175. The molecular weight excluding hydrogens is 773 g/mol. The van der Waals surface area contributed by atoms with Gasteiger partial charge in [0.15, 0.2) is 40.5 Å². The average Bonchev–Trinajstić information content (AvgIpc) is 3.68. The molecular formula is C57H36N4O2. The molecule has 0 amide bonds. The Morgan fingerprint density at radius 1 is 0.349 bits per heavy atom. The normalized spacial score (nSPS) is 12.8. The Bertz CT molecular complexity index is 3300. The van der Waals surface area contributed by atoms with Gasteiger partial charge in [0.25, 0.3) is 0 Å². The van der Waals surface area contributed by atoms with E-state index in [1.807, 2.05) is 84.9 Å². The molecule has 0 saturated heterocycles. The van der Waals surface area contributed by atoms with Crippen LogP contribution in [0.25, 0.3) is 67.7 Å². The van der Waals surface area contributed by atoms with Crippen LogP contribution in [0.5, 0.6) is 23.0 Å². The van der Waals surface area contributed by atoms with Gasteiger partial charge in [-0.3, -0.25) is 4.98 Å². The number of aromatic nitrogens is 4. The third kappa shape index (κ3) is 6.03. The molecule has 63 heavy (non-hydrogen) atoms. The molecule has 0 atom stereocenters. The minimum Gasteiger partial charge on any atom is -0.449 e. The number of rotatable bonds is 7. The van der Waals surface area contributed by atoms with E-state index in [1.165, 1.54) is 16.7 Å². The molecule has 3 heterocycles. The van der Waals surface area contributed by atoms with Crippen molar-refractivity contribution in [3.63, 3.8) is 0 Å². The molecule has 0 saturated carbocycles. The highest BCUT2D eigenvalue weighted by atomic mass is 16.6. The van der Waals surface area contributed by atoms with E-state index in [4.69, 9.17) is 24.4 Å². The topological polar surface area (TPSA) is 70.0 Å². The number of ether oxygens (including phenoxy) is 2. The van der Waals surface area contributed by atoms with Gasteiger partial charge in [-0.25, -0.2) is 15.0 Å². The van der Waals surface area contributed by atoms with Crippen LogP contribution in [-0.2, 0) is 5.41 Å². The van der Waals surface area contributed by atoms with E-state index in [0.29, 0.717) is 40.5 Å². The van der Waals surface area contributed by atoms with Gasteiger partial charge in [-0.2, -0.15) is 0 Å². The molecule has 0 radical (unpaired) electrons. The number of nitrogens with zero attached hydrogens (tertiary/aromatic N) is 4. The maximum absolute atomic E-state index is 7.03. The lowest BCUT2D eigenvalue weighted by Gasteiger charge is -2.34. The zero-order valence-corrected chi connectivity index (χ0v) is 33.9. The molecule has 8 aromatic carbocycles. The van der Waals surface area contributed by atoms with Crippen LogP contribution in [0.4, 0.5) is 0 Å². The highest BCUT2D eigenvalue weighted by molar-refractivity contribution is 5.92. The summed E-state index contributed by atoms with van der Waals surface area (Å²) in [4.78, 5) is 19.7. The number of benzene rings is 8. The van der Waals surface area contributed by atoms with Crippen LogP contribution in [0.2, 0.25) is 0 Å². The van der Waals surface area contributed by atoms with Crippen LogP contribution < -0.4 is 9.47 Å². The summed E-state index contributed by atoms with van der Waals surface area (Å²) in [5.74, 6) is 4.40. The minimum absolute atomic E-state index is 0.549. The Morgan fingerprint density at radius 2 is 0.873 bits per heavy atom. The fourth-order valence-electron chi connectivity index (χ4n) is 9.34. The zero-order valence-electron chi connectivity index (χ0n) is 33.9. The third-order valence-corrected chi connectivity index (χ3v) is 12.1. The van der Waals surface area contributed by atoms with Crippen LogP contribution in [0.3, 0.4) is 0 Å². The second-order valence-electron chi connectivity index (χ2n) is 15.7. The highest BCUT2D eigenvalue weighted by Crippen LogP contribution is 2.62.